The van der Waals surface area contributed by atoms with E-state index in [1.54, 1.807) is 25.1 Å². The molecule has 21 heavy (non-hydrogen) atoms. The van der Waals surface area contributed by atoms with Crippen LogP contribution in [0.4, 0.5) is 10.5 Å². The first-order valence-electron chi connectivity index (χ1n) is 6.62. The molecule has 1 heterocycles. The lowest BCUT2D eigenvalue weighted by molar-refractivity contribution is -0.150. The van der Waals surface area contributed by atoms with Crippen molar-refractivity contribution < 1.29 is 14.7 Å². The van der Waals surface area contributed by atoms with Crippen molar-refractivity contribution in [3.63, 3.8) is 0 Å². The van der Waals surface area contributed by atoms with Crippen molar-refractivity contribution in [1.82, 2.24) is 4.90 Å². The van der Waals surface area contributed by atoms with Crippen molar-refractivity contribution >= 4 is 40.9 Å². The summed E-state index contributed by atoms with van der Waals surface area (Å²) in [6.07, 6.45) is 1.97. The molecule has 7 heteroatoms. The van der Waals surface area contributed by atoms with Crippen LogP contribution in [-0.2, 0) is 4.79 Å². The second-order valence-electron chi connectivity index (χ2n) is 5.21. The summed E-state index contributed by atoms with van der Waals surface area (Å²) >= 11 is 12.0. The molecule has 2 N–H and O–H groups in total. The monoisotopic (exact) mass is 330 g/mol. The van der Waals surface area contributed by atoms with Gasteiger partial charge >= 0.3 is 12.0 Å². The van der Waals surface area contributed by atoms with Crippen LogP contribution in [-0.4, -0.2) is 34.1 Å². The van der Waals surface area contributed by atoms with Gasteiger partial charge in [0, 0.05) is 6.54 Å². The van der Waals surface area contributed by atoms with E-state index < -0.39 is 17.5 Å². The third-order valence-corrected chi connectivity index (χ3v) is 4.42. The van der Waals surface area contributed by atoms with Crippen molar-refractivity contribution in [2.75, 3.05) is 11.9 Å². The highest BCUT2D eigenvalue weighted by molar-refractivity contribution is 6.39. The number of rotatable bonds is 2. The molecule has 1 aliphatic heterocycles. The van der Waals surface area contributed by atoms with Crippen LogP contribution >= 0.6 is 23.2 Å². The van der Waals surface area contributed by atoms with Crippen molar-refractivity contribution in [2.45, 2.75) is 31.7 Å². The van der Waals surface area contributed by atoms with E-state index in [0.717, 1.165) is 12.8 Å². The summed E-state index contributed by atoms with van der Waals surface area (Å²) in [6, 6.07) is 4.38. The van der Waals surface area contributed by atoms with Gasteiger partial charge in [-0.3, -0.25) is 0 Å². The van der Waals surface area contributed by atoms with Crippen molar-refractivity contribution in [3.8, 4) is 0 Å². The molecule has 0 saturated carbocycles. The Labute approximate surface area is 132 Å². The zero-order valence-corrected chi connectivity index (χ0v) is 13.0. The average molecular weight is 331 g/mol. The van der Waals surface area contributed by atoms with E-state index in [1.807, 2.05) is 0 Å². The Morgan fingerprint density at radius 2 is 1.90 bits per heavy atom. The van der Waals surface area contributed by atoms with Crippen LogP contribution in [0.2, 0.25) is 10.0 Å². The first kappa shape index (κ1) is 15.9. The molecule has 1 aromatic carbocycles. The smallest absolute Gasteiger partial charge is 0.329 e. The minimum atomic E-state index is -1.21. The zero-order chi connectivity index (χ0) is 15.6. The van der Waals surface area contributed by atoms with Gasteiger partial charge in [-0.15, -0.1) is 0 Å². The number of carboxylic acid groups (broad SMARTS) is 1. The maximum atomic E-state index is 12.4. The number of likely N-dealkylation sites (tertiary alicyclic amines) is 1. The number of urea groups is 1. The van der Waals surface area contributed by atoms with Crippen LogP contribution in [0.25, 0.3) is 0 Å². The van der Waals surface area contributed by atoms with Gasteiger partial charge in [-0.05, 0) is 38.3 Å². The average Bonchev–Trinajstić information content (AvgIpc) is 2.43. The Balaban J connectivity index is 2.24. The van der Waals surface area contributed by atoms with Crippen molar-refractivity contribution in [1.29, 1.82) is 0 Å². The molecule has 0 aliphatic carbocycles. The van der Waals surface area contributed by atoms with Crippen molar-refractivity contribution in [2.24, 2.45) is 0 Å². The fourth-order valence-electron chi connectivity index (χ4n) is 2.46. The predicted molar refractivity (Wildman–Crippen MR) is 82.1 cm³/mol. The van der Waals surface area contributed by atoms with Crippen LogP contribution in [0.3, 0.4) is 0 Å². The maximum absolute atomic E-state index is 12.4. The lowest BCUT2D eigenvalue weighted by atomic mass is 9.89. The number of carboxylic acids is 1. The highest BCUT2D eigenvalue weighted by atomic mass is 35.5. The van der Waals surface area contributed by atoms with E-state index in [-0.39, 0.29) is 0 Å². The third kappa shape index (κ3) is 3.09. The van der Waals surface area contributed by atoms with Gasteiger partial charge in [-0.2, -0.15) is 0 Å². The molecule has 2 rings (SSSR count). The number of aliphatic carboxylic acids is 1. The molecule has 1 saturated heterocycles. The molecule has 1 unspecified atom stereocenters. The van der Waals surface area contributed by atoms with Gasteiger partial charge in [0.2, 0.25) is 0 Å². The Morgan fingerprint density at radius 3 is 2.48 bits per heavy atom. The Hall–Kier alpha value is -1.46. The van der Waals surface area contributed by atoms with E-state index >= 15 is 0 Å². The van der Waals surface area contributed by atoms with Crippen LogP contribution < -0.4 is 5.32 Å². The van der Waals surface area contributed by atoms with Gasteiger partial charge in [0.05, 0.1) is 15.7 Å². The fourth-order valence-corrected chi connectivity index (χ4v) is 2.95. The second kappa shape index (κ2) is 6.12. The number of hydrogen-bond acceptors (Lipinski definition) is 2. The summed E-state index contributed by atoms with van der Waals surface area (Å²) in [4.78, 5) is 25.3. The predicted octanol–water partition coefficient (Wildman–Crippen LogP) is 3.85. The molecule has 1 atom stereocenters. The molecular weight excluding hydrogens is 315 g/mol. The first-order chi connectivity index (χ1) is 9.86. The SMILES string of the molecule is CC1(C(=O)O)CCCCN1C(=O)Nc1c(Cl)cccc1Cl. The van der Waals surface area contributed by atoms with Gasteiger partial charge in [0.15, 0.2) is 0 Å². The van der Waals surface area contributed by atoms with E-state index in [0.29, 0.717) is 28.7 Å². The summed E-state index contributed by atoms with van der Waals surface area (Å²) in [6.45, 7) is 1.94. The van der Waals surface area contributed by atoms with E-state index in [1.165, 1.54) is 4.90 Å². The summed E-state index contributed by atoms with van der Waals surface area (Å²) in [5, 5.41) is 12.7. The quantitative estimate of drug-likeness (QED) is 0.865. The van der Waals surface area contributed by atoms with Gasteiger partial charge in [-0.25, -0.2) is 9.59 Å². The standard InChI is InChI=1S/C14H16Cl2N2O3/c1-14(12(19)20)7-2-3-8-18(14)13(21)17-11-9(15)5-4-6-10(11)16/h4-6H,2-3,7-8H2,1H3,(H,17,21)(H,19,20). The minimum absolute atomic E-state index is 0.296. The topological polar surface area (TPSA) is 69.6 Å². The van der Waals surface area contributed by atoms with Gasteiger partial charge in [0.25, 0.3) is 0 Å². The molecule has 1 fully saturated rings. The number of piperidine rings is 1. The minimum Gasteiger partial charge on any atom is -0.480 e. The zero-order valence-electron chi connectivity index (χ0n) is 11.5. The van der Waals surface area contributed by atoms with Crippen LogP contribution in [0.5, 0.6) is 0 Å². The van der Waals surface area contributed by atoms with Crippen LogP contribution in [0.1, 0.15) is 26.2 Å². The largest absolute Gasteiger partial charge is 0.480 e. The summed E-state index contributed by atoms with van der Waals surface area (Å²) in [5.41, 5.74) is -0.917. The number of carbonyl (C=O) groups is 2. The summed E-state index contributed by atoms with van der Waals surface area (Å²) in [7, 11) is 0. The number of carbonyl (C=O) groups excluding carboxylic acids is 1. The van der Waals surface area contributed by atoms with Gasteiger partial charge in [-0.1, -0.05) is 29.3 Å². The van der Waals surface area contributed by atoms with E-state index in [4.69, 9.17) is 23.2 Å². The third-order valence-electron chi connectivity index (χ3n) is 3.79. The van der Waals surface area contributed by atoms with Crippen molar-refractivity contribution in [3.05, 3.63) is 28.2 Å². The number of benzene rings is 1. The van der Waals surface area contributed by atoms with Gasteiger partial charge in [0.1, 0.15) is 5.54 Å². The molecule has 5 nitrogen and oxygen atoms in total. The Kier molecular flexibility index (Phi) is 4.64. The number of amides is 2. The van der Waals surface area contributed by atoms with Crippen LogP contribution in [0, 0.1) is 0 Å². The second-order valence-corrected chi connectivity index (χ2v) is 6.03. The molecule has 0 radical (unpaired) electrons. The van der Waals surface area contributed by atoms with Crippen LogP contribution in [0.15, 0.2) is 18.2 Å². The van der Waals surface area contributed by atoms with Gasteiger partial charge < -0.3 is 15.3 Å². The number of halogens is 2. The maximum Gasteiger partial charge on any atom is 0.329 e. The van der Waals surface area contributed by atoms with E-state index in [2.05, 4.69) is 5.32 Å². The molecule has 0 aromatic heterocycles. The number of nitrogens with one attached hydrogen (secondary N) is 1. The Bertz CT molecular complexity index is 559. The molecule has 0 spiro atoms. The molecule has 0 bridgehead atoms. The molecule has 1 aliphatic rings. The molecule has 2 amide bonds. The molecule has 1 aromatic rings. The lowest BCUT2D eigenvalue weighted by Crippen LogP contribution is -2.58. The summed E-state index contributed by atoms with van der Waals surface area (Å²) in [5.74, 6) is -1.01. The highest BCUT2D eigenvalue weighted by Gasteiger charge is 2.44. The normalized spacial score (nSPS) is 22.0. The summed E-state index contributed by atoms with van der Waals surface area (Å²) < 4.78 is 0. The molecular formula is C14H16Cl2N2O3. The molecule has 114 valence electrons. The lowest BCUT2D eigenvalue weighted by Gasteiger charge is -2.41. The highest BCUT2D eigenvalue weighted by Crippen LogP contribution is 2.33. The number of para-hydroxylation sites is 1. The Morgan fingerprint density at radius 1 is 1.29 bits per heavy atom. The fraction of sp³-hybridized carbons (Fsp3) is 0.429. The number of anilines is 1. The first-order valence-corrected chi connectivity index (χ1v) is 7.38. The number of hydrogen-bond donors (Lipinski definition) is 2. The van der Waals surface area contributed by atoms with E-state index in [9.17, 15) is 14.7 Å². The number of nitrogens with zero attached hydrogens (tertiary/aromatic N) is 1.